The van der Waals surface area contributed by atoms with Gasteiger partial charge in [-0.3, -0.25) is 9.59 Å². The summed E-state index contributed by atoms with van der Waals surface area (Å²) in [6.45, 7) is 3.91. The number of carbonyl (C=O) groups excluding carboxylic acids is 2. The summed E-state index contributed by atoms with van der Waals surface area (Å²) in [5.41, 5.74) is 5.82. The standard InChI is InChI=1S/C11H19N3O3/c1-3-5-13-11(16)10-9(14-7(2)15)8(12)4-6-17-10/h4,6,8-10H,3,5,12H2,1-2H3,(H,13,16)(H,14,15)/t8-,9+,10+/m0/s1. The second-order valence-electron chi connectivity index (χ2n) is 3.98. The maximum Gasteiger partial charge on any atom is 0.263 e. The first kappa shape index (κ1) is 13.5. The van der Waals surface area contributed by atoms with E-state index in [1.807, 2.05) is 6.92 Å². The van der Waals surface area contributed by atoms with Crippen LogP contribution in [-0.4, -0.2) is 36.5 Å². The highest BCUT2D eigenvalue weighted by molar-refractivity contribution is 5.83. The summed E-state index contributed by atoms with van der Waals surface area (Å²) in [7, 11) is 0. The molecule has 3 atom stereocenters. The third kappa shape index (κ3) is 3.74. The Kier molecular flexibility index (Phi) is 4.96. The van der Waals surface area contributed by atoms with Crippen molar-refractivity contribution in [1.29, 1.82) is 0 Å². The van der Waals surface area contributed by atoms with Crippen LogP contribution < -0.4 is 16.4 Å². The summed E-state index contributed by atoms with van der Waals surface area (Å²) in [6.07, 6.45) is 3.08. The van der Waals surface area contributed by atoms with Gasteiger partial charge in [0.05, 0.1) is 18.3 Å². The Balaban J connectivity index is 2.69. The first-order valence-corrected chi connectivity index (χ1v) is 5.68. The lowest BCUT2D eigenvalue weighted by Gasteiger charge is -2.32. The minimum Gasteiger partial charge on any atom is -0.486 e. The molecule has 0 saturated carbocycles. The molecule has 0 bridgehead atoms. The SMILES string of the molecule is CCCNC(=O)[C@@H]1OC=C[C@H](N)[C@H]1NC(C)=O. The molecule has 1 aliphatic heterocycles. The molecule has 0 aromatic rings. The molecule has 96 valence electrons. The number of hydrogen-bond donors (Lipinski definition) is 3. The van der Waals surface area contributed by atoms with Gasteiger partial charge in [0.2, 0.25) is 5.91 Å². The molecular formula is C11H19N3O3. The summed E-state index contributed by atoms with van der Waals surface area (Å²) in [5, 5.41) is 5.36. The van der Waals surface area contributed by atoms with E-state index in [0.717, 1.165) is 6.42 Å². The van der Waals surface area contributed by atoms with E-state index in [2.05, 4.69) is 10.6 Å². The topological polar surface area (TPSA) is 93.4 Å². The molecule has 0 aromatic carbocycles. The second-order valence-corrected chi connectivity index (χ2v) is 3.98. The molecule has 1 rings (SSSR count). The highest BCUT2D eigenvalue weighted by Gasteiger charge is 2.35. The summed E-state index contributed by atoms with van der Waals surface area (Å²) >= 11 is 0. The van der Waals surface area contributed by atoms with Crippen LogP contribution in [0.1, 0.15) is 20.3 Å². The van der Waals surface area contributed by atoms with Crippen molar-refractivity contribution in [2.45, 2.75) is 38.5 Å². The number of ether oxygens (including phenoxy) is 1. The molecule has 0 aliphatic carbocycles. The summed E-state index contributed by atoms with van der Waals surface area (Å²) < 4.78 is 5.23. The van der Waals surface area contributed by atoms with E-state index in [1.54, 1.807) is 6.08 Å². The Morgan fingerprint density at radius 1 is 1.47 bits per heavy atom. The minimum absolute atomic E-state index is 0.238. The molecule has 0 fully saturated rings. The van der Waals surface area contributed by atoms with Crippen molar-refractivity contribution in [3.63, 3.8) is 0 Å². The molecule has 0 spiro atoms. The van der Waals surface area contributed by atoms with Crippen molar-refractivity contribution in [2.24, 2.45) is 5.73 Å². The van der Waals surface area contributed by atoms with E-state index in [-0.39, 0.29) is 11.8 Å². The number of carbonyl (C=O) groups is 2. The predicted octanol–water partition coefficient (Wildman–Crippen LogP) is -0.743. The minimum atomic E-state index is -0.773. The molecule has 6 nitrogen and oxygen atoms in total. The highest BCUT2D eigenvalue weighted by atomic mass is 16.5. The lowest BCUT2D eigenvalue weighted by atomic mass is 10.00. The monoisotopic (exact) mass is 241 g/mol. The van der Waals surface area contributed by atoms with Gasteiger partial charge in [-0.1, -0.05) is 6.92 Å². The zero-order chi connectivity index (χ0) is 12.8. The van der Waals surface area contributed by atoms with Crippen molar-refractivity contribution in [3.8, 4) is 0 Å². The average molecular weight is 241 g/mol. The largest absolute Gasteiger partial charge is 0.486 e. The zero-order valence-electron chi connectivity index (χ0n) is 10.1. The maximum atomic E-state index is 11.8. The van der Waals surface area contributed by atoms with Crippen LogP contribution in [0, 0.1) is 0 Å². The van der Waals surface area contributed by atoms with E-state index >= 15 is 0 Å². The van der Waals surface area contributed by atoms with E-state index in [1.165, 1.54) is 13.2 Å². The Hall–Kier alpha value is -1.56. The molecule has 17 heavy (non-hydrogen) atoms. The van der Waals surface area contributed by atoms with Crippen molar-refractivity contribution < 1.29 is 14.3 Å². The van der Waals surface area contributed by atoms with Gasteiger partial charge in [-0.15, -0.1) is 0 Å². The van der Waals surface area contributed by atoms with E-state index in [0.29, 0.717) is 6.54 Å². The molecule has 6 heteroatoms. The number of rotatable bonds is 4. The van der Waals surface area contributed by atoms with E-state index in [4.69, 9.17) is 10.5 Å². The lowest BCUT2D eigenvalue weighted by molar-refractivity contribution is -0.133. The summed E-state index contributed by atoms with van der Waals surface area (Å²) in [4.78, 5) is 22.9. The predicted molar refractivity (Wildman–Crippen MR) is 62.9 cm³/mol. The first-order chi connectivity index (χ1) is 8.06. The number of hydrogen-bond acceptors (Lipinski definition) is 4. The maximum absolute atomic E-state index is 11.8. The molecular weight excluding hydrogens is 222 g/mol. The van der Waals surface area contributed by atoms with E-state index in [9.17, 15) is 9.59 Å². The van der Waals surface area contributed by atoms with Crippen molar-refractivity contribution in [1.82, 2.24) is 10.6 Å². The molecule has 2 amide bonds. The van der Waals surface area contributed by atoms with Crippen LogP contribution in [0.2, 0.25) is 0 Å². The quantitative estimate of drug-likeness (QED) is 0.604. The average Bonchev–Trinajstić information content (AvgIpc) is 2.28. The van der Waals surface area contributed by atoms with Crippen molar-refractivity contribution >= 4 is 11.8 Å². The third-order valence-electron chi connectivity index (χ3n) is 2.44. The van der Waals surface area contributed by atoms with Crippen LogP contribution in [0.15, 0.2) is 12.3 Å². The van der Waals surface area contributed by atoms with Gasteiger partial charge >= 0.3 is 0 Å². The molecule has 0 radical (unpaired) electrons. The van der Waals surface area contributed by atoms with Gasteiger partial charge in [-0.25, -0.2) is 0 Å². The number of nitrogens with two attached hydrogens (primary N) is 1. The highest BCUT2D eigenvalue weighted by Crippen LogP contribution is 2.11. The zero-order valence-corrected chi connectivity index (χ0v) is 10.1. The fraction of sp³-hybridized carbons (Fsp3) is 0.636. The Morgan fingerprint density at radius 2 is 2.18 bits per heavy atom. The summed E-state index contributed by atoms with van der Waals surface area (Å²) in [6, 6.07) is -0.959. The third-order valence-corrected chi connectivity index (χ3v) is 2.44. The van der Waals surface area contributed by atoms with Crippen molar-refractivity contribution in [2.75, 3.05) is 6.54 Å². The molecule has 0 aromatic heterocycles. The van der Waals surface area contributed by atoms with E-state index < -0.39 is 18.2 Å². The van der Waals surface area contributed by atoms with Gasteiger partial charge in [-0.05, 0) is 12.5 Å². The molecule has 0 unspecified atom stereocenters. The molecule has 4 N–H and O–H groups in total. The lowest BCUT2D eigenvalue weighted by Crippen LogP contribution is -2.59. The van der Waals surface area contributed by atoms with Crippen LogP contribution in [0.3, 0.4) is 0 Å². The number of amides is 2. The molecule has 1 aliphatic rings. The Morgan fingerprint density at radius 3 is 2.76 bits per heavy atom. The van der Waals surface area contributed by atoms with Crippen molar-refractivity contribution in [3.05, 3.63) is 12.3 Å². The normalized spacial score (nSPS) is 27.1. The summed E-state index contributed by atoms with van der Waals surface area (Å²) in [5.74, 6) is -0.497. The van der Waals surface area contributed by atoms with Crippen LogP contribution in [-0.2, 0) is 14.3 Å². The van der Waals surface area contributed by atoms with Crippen LogP contribution in [0.4, 0.5) is 0 Å². The van der Waals surface area contributed by atoms with Crippen LogP contribution in [0.25, 0.3) is 0 Å². The fourth-order valence-corrected chi connectivity index (χ4v) is 1.61. The number of nitrogens with one attached hydrogen (secondary N) is 2. The van der Waals surface area contributed by atoms with Gasteiger partial charge in [0, 0.05) is 13.5 Å². The Labute approximate surface area is 101 Å². The first-order valence-electron chi connectivity index (χ1n) is 5.68. The fourth-order valence-electron chi connectivity index (χ4n) is 1.61. The Bertz CT molecular complexity index is 317. The van der Waals surface area contributed by atoms with Gasteiger partial charge in [0.25, 0.3) is 5.91 Å². The van der Waals surface area contributed by atoms with Gasteiger partial charge < -0.3 is 21.1 Å². The van der Waals surface area contributed by atoms with Gasteiger partial charge in [0.15, 0.2) is 6.10 Å². The van der Waals surface area contributed by atoms with Gasteiger partial charge in [0.1, 0.15) is 0 Å². The molecule has 1 heterocycles. The van der Waals surface area contributed by atoms with Gasteiger partial charge in [-0.2, -0.15) is 0 Å². The molecule has 0 saturated heterocycles. The smallest absolute Gasteiger partial charge is 0.263 e. The van der Waals surface area contributed by atoms with Crippen LogP contribution >= 0.6 is 0 Å². The second kappa shape index (κ2) is 6.24. The van der Waals surface area contributed by atoms with Crippen LogP contribution in [0.5, 0.6) is 0 Å².